The Morgan fingerprint density at radius 2 is 1.55 bits per heavy atom. The standard InChI is InChI=1S/C24H20BrN3O3/c25-19-6-8-20(9-7-19)28-22(30)24(21(29)27-23(28)31,16-18-4-2-1-3-5-18)13-10-17-11-14-26-15-12-17/h1-9,11-12,14-15H,10,13,16H2,(H,27,29,31)/t24-/m0/s1. The summed E-state index contributed by atoms with van der Waals surface area (Å²) in [6, 6.07) is 19.2. The lowest BCUT2D eigenvalue weighted by Gasteiger charge is -2.39. The zero-order valence-corrected chi connectivity index (χ0v) is 18.2. The number of benzene rings is 2. The first-order valence-corrected chi connectivity index (χ1v) is 10.7. The molecule has 3 aromatic rings. The van der Waals surface area contributed by atoms with Crippen LogP contribution in [0.1, 0.15) is 17.5 Å². The van der Waals surface area contributed by atoms with E-state index in [0.717, 1.165) is 20.5 Å². The van der Waals surface area contributed by atoms with E-state index in [4.69, 9.17) is 0 Å². The third-order valence-corrected chi connectivity index (χ3v) is 6.02. The van der Waals surface area contributed by atoms with Crippen molar-refractivity contribution < 1.29 is 14.4 Å². The number of halogens is 1. The molecule has 1 aliphatic heterocycles. The van der Waals surface area contributed by atoms with Gasteiger partial charge in [0.1, 0.15) is 5.41 Å². The van der Waals surface area contributed by atoms with Gasteiger partial charge < -0.3 is 0 Å². The molecule has 1 fully saturated rings. The molecular weight excluding hydrogens is 458 g/mol. The van der Waals surface area contributed by atoms with E-state index < -0.39 is 23.3 Å². The number of hydrogen-bond donors (Lipinski definition) is 1. The van der Waals surface area contributed by atoms with Crippen LogP contribution in [-0.2, 0) is 22.4 Å². The maximum atomic E-state index is 13.8. The molecule has 156 valence electrons. The van der Waals surface area contributed by atoms with Crippen LogP contribution in [-0.4, -0.2) is 22.8 Å². The lowest BCUT2D eigenvalue weighted by Crippen LogP contribution is -2.65. The van der Waals surface area contributed by atoms with E-state index >= 15 is 0 Å². The maximum Gasteiger partial charge on any atom is 0.335 e. The average molecular weight is 478 g/mol. The van der Waals surface area contributed by atoms with E-state index in [2.05, 4.69) is 26.2 Å². The van der Waals surface area contributed by atoms with Crippen LogP contribution in [0, 0.1) is 5.41 Å². The first kappa shape index (κ1) is 20.9. The summed E-state index contributed by atoms with van der Waals surface area (Å²) < 4.78 is 0.824. The second kappa shape index (κ2) is 8.81. The highest BCUT2D eigenvalue weighted by atomic mass is 79.9. The highest BCUT2D eigenvalue weighted by Crippen LogP contribution is 2.36. The molecule has 4 amide bonds. The number of barbiturate groups is 1. The zero-order chi connectivity index (χ0) is 21.8. The van der Waals surface area contributed by atoms with E-state index in [9.17, 15) is 14.4 Å². The van der Waals surface area contributed by atoms with Crippen LogP contribution < -0.4 is 10.2 Å². The minimum absolute atomic E-state index is 0.198. The number of aromatic nitrogens is 1. The molecule has 6 nitrogen and oxygen atoms in total. The van der Waals surface area contributed by atoms with E-state index in [1.807, 2.05) is 42.5 Å². The quantitative estimate of drug-likeness (QED) is 0.537. The zero-order valence-electron chi connectivity index (χ0n) is 16.6. The van der Waals surface area contributed by atoms with E-state index in [-0.39, 0.29) is 12.8 Å². The number of amides is 4. The van der Waals surface area contributed by atoms with E-state index in [0.29, 0.717) is 12.1 Å². The summed E-state index contributed by atoms with van der Waals surface area (Å²) in [5.41, 5.74) is 0.825. The van der Waals surface area contributed by atoms with Crippen LogP contribution in [0.25, 0.3) is 0 Å². The second-order valence-electron chi connectivity index (χ2n) is 7.48. The largest absolute Gasteiger partial charge is 0.335 e. The van der Waals surface area contributed by atoms with Gasteiger partial charge in [-0.25, -0.2) is 9.69 Å². The fourth-order valence-corrected chi connectivity index (χ4v) is 4.08. The average Bonchev–Trinajstić information content (AvgIpc) is 2.78. The predicted octanol–water partition coefficient (Wildman–Crippen LogP) is 4.29. The minimum Gasteiger partial charge on any atom is -0.276 e. The lowest BCUT2D eigenvalue weighted by atomic mass is 9.73. The molecule has 31 heavy (non-hydrogen) atoms. The molecule has 0 radical (unpaired) electrons. The second-order valence-corrected chi connectivity index (χ2v) is 8.39. The molecule has 1 aliphatic rings. The Labute approximate surface area is 188 Å². The Bertz CT molecular complexity index is 1100. The van der Waals surface area contributed by atoms with Crippen molar-refractivity contribution >= 4 is 39.5 Å². The van der Waals surface area contributed by atoms with Crippen LogP contribution in [0.3, 0.4) is 0 Å². The maximum absolute atomic E-state index is 13.8. The Hall–Kier alpha value is -3.32. The molecule has 4 rings (SSSR count). The molecular formula is C24H20BrN3O3. The number of rotatable bonds is 6. The number of urea groups is 1. The number of nitrogens with zero attached hydrogens (tertiary/aromatic N) is 2. The summed E-state index contributed by atoms with van der Waals surface area (Å²) in [5.74, 6) is -1.07. The van der Waals surface area contributed by atoms with Gasteiger partial charge in [0, 0.05) is 16.9 Å². The van der Waals surface area contributed by atoms with Gasteiger partial charge in [0.05, 0.1) is 5.69 Å². The highest BCUT2D eigenvalue weighted by Gasteiger charge is 2.53. The van der Waals surface area contributed by atoms with Crippen molar-refractivity contribution in [3.63, 3.8) is 0 Å². The molecule has 0 bridgehead atoms. The van der Waals surface area contributed by atoms with Gasteiger partial charge in [0.2, 0.25) is 5.91 Å². The smallest absolute Gasteiger partial charge is 0.276 e. The summed E-state index contributed by atoms with van der Waals surface area (Å²) in [6.07, 6.45) is 4.32. The third kappa shape index (κ3) is 4.27. The monoisotopic (exact) mass is 477 g/mol. The fraction of sp³-hybridized carbons (Fsp3) is 0.167. The van der Waals surface area contributed by atoms with Crippen molar-refractivity contribution in [3.05, 3.63) is 94.7 Å². The van der Waals surface area contributed by atoms with Gasteiger partial charge >= 0.3 is 6.03 Å². The van der Waals surface area contributed by atoms with Crippen molar-refractivity contribution in [2.75, 3.05) is 4.90 Å². The molecule has 1 atom stereocenters. The molecule has 0 spiro atoms. The number of imide groups is 2. The fourth-order valence-electron chi connectivity index (χ4n) is 3.82. The number of carbonyl (C=O) groups excluding carboxylic acids is 3. The SMILES string of the molecule is O=C1NC(=O)[C@](CCc2ccncc2)(Cc2ccccc2)C(=O)N1c1ccc(Br)cc1. The van der Waals surface area contributed by atoms with Crippen molar-refractivity contribution in [1.82, 2.24) is 10.3 Å². The van der Waals surface area contributed by atoms with Crippen molar-refractivity contribution in [2.24, 2.45) is 5.41 Å². The topological polar surface area (TPSA) is 79.4 Å². The summed E-state index contributed by atoms with van der Waals surface area (Å²) in [6.45, 7) is 0. The van der Waals surface area contributed by atoms with Gasteiger partial charge in [-0.3, -0.25) is 19.9 Å². The number of carbonyl (C=O) groups is 3. The molecule has 0 saturated carbocycles. The van der Waals surface area contributed by atoms with Crippen LogP contribution in [0.2, 0.25) is 0 Å². The van der Waals surface area contributed by atoms with Crippen molar-refractivity contribution in [2.45, 2.75) is 19.3 Å². The summed E-state index contributed by atoms with van der Waals surface area (Å²) in [5, 5.41) is 2.42. The van der Waals surface area contributed by atoms with Crippen LogP contribution >= 0.6 is 15.9 Å². The lowest BCUT2D eigenvalue weighted by molar-refractivity contribution is -0.143. The van der Waals surface area contributed by atoms with E-state index in [1.165, 1.54) is 0 Å². The molecule has 2 heterocycles. The number of aryl methyl sites for hydroxylation is 1. The Morgan fingerprint density at radius 1 is 0.871 bits per heavy atom. The van der Waals surface area contributed by atoms with Gasteiger partial charge in [-0.05, 0) is 66.8 Å². The Morgan fingerprint density at radius 3 is 2.23 bits per heavy atom. The molecule has 1 aromatic heterocycles. The van der Waals surface area contributed by atoms with Gasteiger partial charge in [-0.2, -0.15) is 0 Å². The Kier molecular flexibility index (Phi) is 5.95. The normalized spacial score (nSPS) is 18.7. The van der Waals surface area contributed by atoms with Crippen LogP contribution in [0.4, 0.5) is 10.5 Å². The first-order chi connectivity index (χ1) is 15.0. The Balaban J connectivity index is 1.74. The van der Waals surface area contributed by atoms with Crippen LogP contribution in [0.5, 0.6) is 0 Å². The van der Waals surface area contributed by atoms with Gasteiger partial charge in [-0.1, -0.05) is 46.3 Å². The highest BCUT2D eigenvalue weighted by molar-refractivity contribution is 9.10. The summed E-state index contributed by atoms with van der Waals surface area (Å²) >= 11 is 3.36. The van der Waals surface area contributed by atoms with Gasteiger partial charge in [0.25, 0.3) is 5.91 Å². The molecule has 1 saturated heterocycles. The molecule has 0 aliphatic carbocycles. The first-order valence-electron chi connectivity index (χ1n) is 9.88. The van der Waals surface area contributed by atoms with E-state index in [1.54, 1.807) is 36.7 Å². The minimum atomic E-state index is -1.41. The molecule has 0 unspecified atom stereocenters. The van der Waals surface area contributed by atoms with Crippen LogP contribution in [0.15, 0.2) is 83.6 Å². The number of pyridine rings is 1. The molecule has 1 N–H and O–H groups in total. The predicted molar refractivity (Wildman–Crippen MR) is 120 cm³/mol. The summed E-state index contributed by atoms with van der Waals surface area (Å²) in [7, 11) is 0. The van der Waals surface area contributed by atoms with Crippen molar-refractivity contribution in [3.8, 4) is 0 Å². The molecule has 2 aromatic carbocycles. The number of anilines is 1. The van der Waals surface area contributed by atoms with Gasteiger partial charge in [-0.15, -0.1) is 0 Å². The van der Waals surface area contributed by atoms with Gasteiger partial charge in [0.15, 0.2) is 0 Å². The van der Waals surface area contributed by atoms with Crippen molar-refractivity contribution in [1.29, 1.82) is 0 Å². The number of hydrogen-bond acceptors (Lipinski definition) is 4. The molecule has 7 heteroatoms. The summed E-state index contributed by atoms with van der Waals surface area (Å²) in [4.78, 5) is 44.8. The number of nitrogens with one attached hydrogen (secondary N) is 1. The third-order valence-electron chi connectivity index (χ3n) is 5.49.